The minimum Gasteiger partial charge on any atom is -0.484 e. The summed E-state index contributed by atoms with van der Waals surface area (Å²) in [5.41, 5.74) is 8.03. The molecule has 1 saturated heterocycles. The van der Waals surface area contributed by atoms with Crippen molar-refractivity contribution >= 4 is 11.9 Å². The minimum absolute atomic E-state index is 0.0111. The number of aromatic nitrogens is 2. The largest absolute Gasteiger partial charge is 0.484 e. The zero-order chi connectivity index (χ0) is 20.9. The molecule has 0 radical (unpaired) electrons. The third-order valence-electron chi connectivity index (χ3n) is 5.24. The molecule has 6 nitrogen and oxygen atoms in total. The second-order valence-corrected chi connectivity index (χ2v) is 7.32. The van der Waals surface area contributed by atoms with E-state index in [4.69, 9.17) is 10.5 Å². The summed E-state index contributed by atoms with van der Waals surface area (Å²) >= 11 is 0. The van der Waals surface area contributed by atoms with Gasteiger partial charge in [0.15, 0.2) is 6.61 Å². The van der Waals surface area contributed by atoms with Gasteiger partial charge in [0.25, 0.3) is 5.91 Å². The summed E-state index contributed by atoms with van der Waals surface area (Å²) in [4.78, 5) is 23.1. The predicted molar refractivity (Wildman–Crippen MR) is 112 cm³/mol. The number of nitrogen functional groups attached to an aromatic ring is 1. The van der Waals surface area contributed by atoms with Gasteiger partial charge >= 0.3 is 0 Å². The van der Waals surface area contributed by atoms with Crippen molar-refractivity contribution in [1.29, 1.82) is 0 Å². The number of piperidine rings is 1. The molecule has 1 fully saturated rings. The maximum absolute atomic E-state index is 13.8. The second kappa shape index (κ2) is 8.90. The van der Waals surface area contributed by atoms with Gasteiger partial charge in [-0.1, -0.05) is 30.3 Å². The zero-order valence-electron chi connectivity index (χ0n) is 16.5. The molecule has 30 heavy (non-hydrogen) atoms. The molecular formula is C23H23FN4O2. The number of amides is 1. The van der Waals surface area contributed by atoms with Crippen molar-refractivity contribution in [3.05, 3.63) is 72.3 Å². The molecule has 0 saturated carbocycles. The highest BCUT2D eigenvalue weighted by Crippen LogP contribution is 2.33. The number of likely N-dealkylation sites (tertiary alicyclic amines) is 1. The van der Waals surface area contributed by atoms with Crippen LogP contribution in [0.2, 0.25) is 0 Å². The Morgan fingerprint density at radius 1 is 1.20 bits per heavy atom. The van der Waals surface area contributed by atoms with Crippen LogP contribution in [0.15, 0.2) is 60.8 Å². The van der Waals surface area contributed by atoms with E-state index in [1.54, 1.807) is 17.2 Å². The lowest BCUT2D eigenvalue weighted by Gasteiger charge is -2.33. The Morgan fingerprint density at radius 2 is 2.03 bits per heavy atom. The zero-order valence-corrected chi connectivity index (χ0v) is 16.5. The molecule has 4 rings (SSSR count). The maximum atomic E-state index is 13.8. The smallest absolute Gasteiger partial charge is 0.260 e. The van der Waals surface area contributed by atoms with Gasteiger partial charge in [-0.25, -0.2) is 14.4 Å². The SMILES string of the molecule is Nc1ncc(-c2cccc(F)c2)c([C@@H]2CCCN(C(=O)COc3ccccc3)C2)n1. The maximum Gasteiger partial charge on any atom is 0.260 e. The molecule has 1 aromatic heterocycles. The normalized spacial score (nSPS) is 16.3. The second-order valence-electron chi connectivity index (χ2n) is 7.32. The van der Waals surface area contributed by atoms with Crippen LogP contribution in [0.4, 0.5) is 10.3 Å². The molecule has 0 bridgehead atoms. The average Bonchev–Trinajstić information content (AvgIpc) is 2.78. The van der Waals surface area contributed by atoms with Crippen molar-refractivity contribution in [3.63, 3.8) is 0 Å². The number of carbonyl (C=O) groups excluding carboxylic acids is 1. The number of benzene rings is 2. The lowest BCUT2D eigenvalue weighted by Crippen LogP contribution is -2.41. The Bertz CT molecular complexity index is 1030. The number of hydrogen-bond donors (Lipinski definition) is 1. The molecule has 7 heteroatoms. The Balaban J connectivity index is 1.52. The fourth-order valence-corrected chi connectivity index (χ4v) is 3.78. The Labute approximate surface area is 174 Å². The average molecular weight is 406 g/mol. The van der Waals surface area contributed by atoms with Gasteiger partial charge in [0, 0.05) is 30.8 Å². The van der Waals surface area contributed by atoms with Crippen LogP contribution in [0.25, 0.3) is 11.1 Å². The first-order valence-corrected chi connectivity index (χ1v) is 9.94. The van der Waals surface area contributed by atoms with Crippen molar-refractivity contribution in [1.82, 2.24) is 14.9 Å². The van der Waals surface area contributed by atoms with Gasteiger partial charge in [0.2, 0.25) is 5.95 Å². The van der Waals surface area contributed by atoms with Crippen LogP contribution in [0.1, 0.15) is 24.5 Å². The summed E-state index contributed by atoms with van der Waals surface area (Å²) < 4.78 is 19.4. The lowest BCUT2D eigenvalue weighted by molar-refractivity contribution is -0.134. The highest BCUT2D eigenvalue weighted by Gasteiger charge is 2.28. The van der Waals surface area contributed by atoms with E-state index in [-0.39, 0.29) is 30.2 Å². The van der Waals surface area contributed by atoms with Gasteiger partial charge in [-0.15, -0.1) is 0 Å². The number of ether oxygens (including phenoxy) is 1. The molecule has 2 aromatic carbocycles. The summed E-state index contributed by atoms with van der Waals surface area (Å²) in [5.74, 6) is 0.423. The first kappa shape index (κ1) is 19.8. The van der Waals surface area contributed by atoms with Crippen LogP contribution >= 0.6 is 0 Å². The minimum atomic E-state index is -0.325. The molecule has 0 aliphatic carbocycles. The van der Waals surface area contributed by atoms with E-state index >= 15 is 0 Å². The van der Waals surface area contributed by atoms with E-state index in [0.717, 1.165) is 24.1 Å². The van der Waals surface area contributed by atoms with Crippen LogP contribution in [-0.2, 0) is 4.79 Å². The summed E-state index contributed by atoms with van der Waals surface area (Å²) in [5, 5.41) is 0. The van der Waals surface area contributed by atoms with Gasteiger partial charge in [-0.2, -0.15) is 0 Å². The molecule has 1 amide bonds. The van der Waals surface area contributed by atoms with Crippen molar-refractivity contribution in [2.24, 2.45) is 0 Å². The van der Waals surface area contributed by atoms with Gasteiger partial charge in [0.05, 0.1) is 5.69 Å². The van der Waals surface area contributed by atoms with Crippen molar-refractivity contribution in [3.8, 4) is 16.9 Å². The molecule has 2 N–H and O–H groups in total. The molecule has 2 heterocycles. The van der Waals surface area contributed by atoms with Gasteiger partial charge < -0.3 is 15.4 Å². The molecule has 0 spiro atoms. The van der Waals surface area contributed by atoms with Crippen LogP contribution in [0.5, 0.6) is 5.75 Å². The van der Waals surface area contributed by atoms with E-state index in [1.165, 1.54) is 12.1 Å². The Hall–Kier alpha value is -3.48. The number of carbonyl (C=O) groups is 1. The van der Waals surface area contributed by atoms with E-state index in [9.17, 15) is 9.18 Å². The fraction of sp³-hybridized carbons (Fsp3) is 0.261. The number of nitrogens with two attached hydrogens (primary N) is 1. The van der Waals surface area contributed by atoms with E-state index < -0.39 is 0 Å². The highest BCUT2D eigenvalue weighted by atomic mass is 19.1. The number of nitrogens with zero attached hydrogens (tertiary/aromatic N) is 3. The summed E-state index contributed by atoms with van der Waals surface area (Å²) in [7, 11) is 0. The first-order valence-electron chi connectivity index (χ1n) is 9.94. The number of halogens is 1. The molecule has 154 valence electrons. The highest BCUT2D eigenvalue weighted by molar-refractivity contribution is 5.78. The first-order chi connectivity index (χ1) is 14.6. The standard InChI is InChI=1S/C23H23FN4O2/c24-18-8-4-6-16(12-18)20-13-26-23(25)27-22(20)17-7-5-11-28(14-17)21(29)15-30-19-9-2-1-3-10-19/h1-4,6,8-10,12-13,17H,5,7,11,14-15H2,(H2,25,26,27)/t17-/m1/s1. The van der Waals surface area contributed by atoms with Crippen LogP contribution < -0.4 is 10.5 Å². The summed E-state index contributed by atoms with van der Waals surface area (Å²) in [6.07, 6.45) is 3.34. The predicted octanol–water partition coefficient (Wildman–Crippen LogP) is 3.65. The summed E-state index contributed by atoms with van der Waals surface area (Å²) in [6, 6.07) is 15.6. The molecule has 1 aliphatic rings. The molecule has 3 aromatic rings. The summed E-state index contributed by atoms with van der Waals surface area (Å²) in [6.45, 7) is 1.17. The quantitative estimate of drug-likeness (QED) is 0.700. The third kappa shape index (κ3) is 4.56. The van der Waals surface area contributed by atoms with Crippen LogP contribution in [0.3, 0.4) is 0 Å². The fourth-order valence-electron chi connectivity index (χ4n) is 3.78. The number of hydrogen-bond acceptors (Lipinski definition) is 5. The lowest BCUT2D eigenvalue weighted by atomic mass is 9.90. The Kier molecular flexibility index (Phi) is 5.88. The van der Waals surface area contributed by atoms with Gasteiger partial charge in [-0.3, -0.25) is 4.79 Å². The number of para-hydroxylation sites is 1. The number of anilines is 1. The van der Waals surface area contributed by atoms with E-state index in [0.29, 0.717) is 24.4 Å². The van der Waals surface area contributed by atoms with Gasteiger partial charge in [0.1, 0.15) is 11.6 Å². The van der Waals surface area contributed by atoms with Crippen molar-refractivity contribution in [2.45, 2.75) is 18.8 Å². The monoisotopic (exact) mass is 406 g/mol. The van der Waals surface area contributed by atoms with E-state index in [2.05, 4.69) is 9.97 Å². The molecule has 1 aliphatic heterocycles. The molecule has 1 atom stereocenters. The Morgan fingerprint density at radius 3 is 2.83 bits per heavy atom. The van der Waals surface area contributed by atoms with Crippen LogP contribution in [0, 0.1) is 5.82 Å². The molecule has 0 unspecified atom stereocenters. The van der Waals surface area contributed by atoms with Crippen molar-refractivity contribution < 1.29 is 13.9 Å². The topological polar surface area (TPSA) is 81.3 Å². The van der Waals surface area contributed by atoms with Crippen molar-refractivity contribution in [2.75, 3.05) is 25.4 Å². The number of rotatable bonds is 5. The third-order valence-corrected chi connectivity index (χ3v) is 5.24. The van der Waals surface area contributed by atoms with Crippen LogP contribution in [-0.4, -0.2) is 40.5 Å². The van der Waals surface area contributed by atoms with E-state index in [1.807, 2.05) is 36.4 Å². The van der Waals surface area contributed by atoms with Gasteiger partial charge in [-0.05, 0) is 42.7 Å². The molecular weight excluding hydrogens is 383 g/mol.